The zero-order valence-electron chi connectivity index (χ0n) is 11.9. The van der Waals surface area contributed by atoms with Gasteiger partial charge in [0.05, 0.1) is 4.92 Å². The van der Waals surface area contributed by atoms with E-state index in [0.29, 0.717) is 23.6 Å². The third-order valence-corrected chi connectivity index (χ3v) is 3.62. The Kier molecular flexibility index (Phi) is 6.58. The molecule has 1 aliphatic rings. The molecule has 116 valence electrons. The number of non-ortho nitro benzene ring substituents is 1. The van der Waals surface area contributed by atoms with Crippen molar-refractivity contribution in [2.45, 2.75) is 19.8 Å². The lowest BCUT2D eigenvalue weighted by atomic mass is 9.99. The van der Waals surface area contributed by atoms with E-state index in [9.17, 15) is 14.9 Å². The molecule has 2 N–H and O–H groups in total. The molecule has 0 saturated carbocycles. The van der Waals surface area contributed by atoms with Gasteiger partial charge < -0.3 is 10.6 Å². The van der Waals surface area contributed by atoms with Crippen molar-refractivity contribution in [3.05, 3.63) is 39.4 Å². The molecule has 1 fully saturated rings. The minimum atomic E-state index is -0.456. The third-order valence-electron chi connectivity index (χ3n) is 3.62. The normalized spacial score (nSPS) is 17.7. The Morgan fingerprint density at radius 1 is 1.52 bits per heavy atom. The minimum Gasteiger partial charge on any atom is -0.352 e. The van der Waals surface area contributed by atoms with Crippen LogP contribution in [0.1, 0.15) is 28.8 Å². The molecular weight excluding hydrogens is 294 g/mol. The van der Waals surface area contributed by atoms with E-state index in [1.807, 2.05) is 0 Å². The van der Waals surface area contributed by atoms with E-state index in [4.69, 9.17) is 0 Å². The molecule has 7 heteroatoms. The van der Waals surface area contributed by atoms with Crippen LogP contribution in [0.25, 0.3) is 0 Å². The summed E-state index contributed by atoms with van der Waals surface area (Å²) in [7, 11) is 0. The van der Waals surface area contributed by atoms with Gasteiger partial charge in [-0.05, 0) is 50.4 Å². The van der Waals surface area contributed by atoms with Gasteiger partial charge in [0.25, 0.3) is 11.6 Å². The number of carbonyl (C=O) groups is 1. The predicted molar refractivity (Wildman–Crippen MR) is 83.0 cm³/mol. The summed E-state index contributed by atoms with van der Waals surface area (Å²) in [6.07, 6.45) is 2.25. The summed E-state index contributed by atoms with van der Waals surface area (Å²) < 4.78 is 0. The van der Waals surface area contributed by atoms with Crippen molar-refractivity contribution in [2.24, 2.45) is 5.92 Å². The third kappa shape index (κ3) is 4.68. The summed E-state index contributed by atoms with van der Waals surface area (Å²) in [5.74, 6) is 0.300. The number of aryl methyl sites for hydroxylation is 1. The van der Waals surface area contributed by atoms with Gasteiger partial charge in [0.2, 0.25) is 0 Å². The average Bonchev–Trinajstić information content (AvgIpc) is 2.45. The van der Waals surface area contributed by atoms with Gasteiger partial charge in [-0.3, -0.25) is 14.9 Å². The van der Waals surface area contributed by atoms with Gasteiger partial charge >= 0.3 is 0 Å². The Bertz CT molecular complexity index is 516. The molecule has 1 aliphatic heterocycles. The van der Waals surface area contributed by atoms with Crippen molar-refractivity contribution in [3.8, 4) is 0 Å². The maximum Gasteiger partial charge on any atom is 0.269 e. The van der Waals surface area contributed by atoms with Gasteiger partial charge in [-0.25, -0.2) is 0 Å². The second kappa shape index (κ2) is 7.95. The fourth-order valence-corrected chi connectivity index (χ4v) is 2.45. The maximum atomic E-state index is 12.1. The number of hydrogen-bond acceptors (Lipinski definition) is 4. The molecule has 0 aromatic heterocycles. The lowest BCUT2D eigenvalue weighted by Crippen LogP contribution is -2.38. The SMILES string of the molecule is Cc1cc([N+](=O)[O-])ccc1C(=O)NCC1CCCNC1.Cl. The first-order chi connectivity index (χ1) is 9.58. The molecule has 1 aromatic carbocycles. The quantitative estimate of drug-likeness (QED) is 0.658. The first-order valence-corrected chi connectivity index (χ1v) is 6.82. The van der Waals surface area contributed by atoms with E-state index in [-0.39, 0.29) is 24.0 Å². The lowest BCUT2D eigenvalue weighted by molar-refractivity contribution is -0.384. The van der Waals surface area contributed by atoms with Crippen molar-refractivity contribution < 1.29 is 9.72 Å². The highest BCUT2D eigenvalue weighted by Gasteiger charge is 2.16. The maximum absolute atomic E-state index is 12.1. The van der Waals surface area contributed by atoms with E-state index in [1.165, 1.54) is 18.2 Å². The summed E-state index contributed by atoms with van der Waals surface area (Å²) in [6.45, 7) is 4.33. The zero-order chi connectivity index (χ0) is 14.5. The molecule has 0 spiro atoms. The minimum absolute atomic E-state index is 0. The predicted octanol–water partition coefficient (Wildman–Crippen LogP) is 2.05. The number of nitro benzene ring substituents is 1. The van der Waals surface area contributed by atoms with Gasteiger partial charge in [-0.1, -0.05) is 0 Å². The van der Waals surface area contributed by atoms with Gasteiger partial charge in [0, 0.05) is 24.2 Å². The molecule has 1 unspecified atom stereocenters. The Hall–Kier alpha value is -1.66. The Morgan fingerprint density at radius 2 is 2.29 bits per heavy atom. The molecule has 0 aliphatic carbocycles. The summed E-state index contributed by atoms with van der Waals surface area (Å²) in [5, 5.41) is 16.9. The number of nitro groups is 1. The molecule has 21 heavy (non-hydrogen) atoms. The fraction of sp³-hybridized carbons (Fsp3) is 0.500. The zero-order valence-corrected chi connectivity index (χ0v) is 12.7. The number of carbonyl (C=O) groups excluding carboxylic acids is 1. The number of benzene rings is 1. The lowest BCUT2D eigenvalue weighted by Gasteiger charge is -2.23. The van der Waals surface area contributed by atoms with Crippen molar-refractivity contribution in [1.29, 1.82) is 0 Å². The van der Waals surface area contributed by atoms with E-state index in [1.54, 1.807) is 6.92 Å². The van der Waals surface area contributed by atoms with E-state index in [0.717, 1.165) is 25.9 Å². The Morgan fingerprint density at radius 3 is 2.86 bits per heavy atom. The van der Waals surface area contributed by atoms with Crippen LogP contribution in [0.2, 0.25) is 0 Å². The first-order valence-electron chi connectivity index (χ1n) is 6.82. The van der Waals surface area contributed by atoms with E-state index < -0.39 is 4.92 Å². The number of nitrogens with one attached hydrogen (secondary N) is 2. The Balaban J connectivity index is 0.00000220. The van der Waals surface area contributed by atoms with Crippen LogP contribution in [-0.2, 0) is 0 Å². The molecule has 6 nitrogen and oxygen atoms in total. The highest BCUT2D eigenvalue weighted by Crippen LogP contribution is 2.17. The number of hydrogen-bond donors (Lipinski definition) is 2. The molecule has 1 atom stereocenters. The standard InChI is InChI=1S/C14H19N3O3.ClH/c1-10-7-12(17(19)20)4-5-13(10)14(18)16-9-11-3-2-6-15-8-11;/h4-5,7,11,15H,2-3,6,8-9H2,1H3,(H,16,18);1H. The topological polar surface area (TPSA) is 84.3 Å². The second-order valence-electron chi connectivity index (χ2n) is 5.18. The van der Waals surface area contributed by atoms with Crippen LogP contribution in [0.4, 0.5) is 5.69 Å². The first kappa shape index (κ1) is 17.4. The van der Waals surface area contributed by atoms with Crippen LogP contribution in [0, 0.1) is 23.0 Å². The van der Waals surface area contributed by atoms with Crippen LogP contribution >= 0.6 is 12.4 Å². The molecule has 1 heterocycles. The molecular formula is C14H20ClN3O3. The van der Waals surface area contributed by atoms with Gasteiger partial charge in [-0.15, -0.1) is 12.4 Å². The number of piperidine rings is 1. The van der Waals surface area contributed by atoms with Gasteiger partial charge in [0.15, 0.2) is 0 Å². The van der Waals surface area contributed by atoms with Gasteiger partial charge in [0.1, 0.15) is 0 Å². The Labute approximate surface area is 129 Å². The van der Waals surface area contributed by atoms with E-state index >= 15 is 0 Å². The molecule has 2 rings (SSSR count). The van der Waals surface area contributed by atoms with Crippen LogP contribution in [-0.4, -0.2) is 30.5 Å². The van der Waals surface area contributed by atoms with Gasteiger partial charge in [-0.2, -0.15) is 0 Å². The van der Waals surface area contributed by atoms with Crippen LogP contribution in [0.15, 0.2) is 18.2 Å². The highest BCUT2D eigenvalue weighted by atomic mass is 35.5. The molecule has 1 saturated heterocycles. The second-order valence-corrected chi connectivity index (χ2v) is 5.18. The number of amides is 1. The molecule has 1 amide bonds. The van der Waals surface area contributed by atoms with Crippen molar-refractivity contribution in [3.63, 3.8) is 0 Å². The van der Waals surface area contributed by atoms with Crippen molar-refractivity contribution in [2.75, 3.05) is 19.6 Å². The number of rotatable bonds is 4. The van der Waals surface area contributed by atoms with Crippen molar-refractivity contribution >= 4 is 24.0 Å². The van der Waals surface area contributed by atoms with E-state index in [2.05, 4.69) is 10.6 Å². The largest absolute Gasteiger partial charge is 0.352 e. The summed E-state index contributed by atoms with van der Waals surface area (Å²) in [5.41, 5.74) is 1.13. The number of nitrogens with zero attached hydrogens (tertiary/aromatic N) is 1. The summed E-state index contributed by atoms with van der Waals surface area (Å²) in [6, 6.07) is 4.31. The molecule has 1 aromatic rings. The fourth-order valence-electron chi connectivity index (χ4n) is 2.45. The van der Waals surface area contributed by atoms with Crippen molar-refractivity contribution in [1.82, 2.24) is 10.6 Å². The molecule has 0 radical (unpaired) electrons. The van der Waals surface area contributed by atoms with Crippen LogP contribution < -0.4 is 10.6 Å². The molecule has 0 bridgehead atoms. The summed E-state index contributed by atoms with van der Waals surface area (Å²) in [4.78, 5) is 22.3. The van der Waals surface area contributed by atoms with Crippen LogP contribution in [0.5, 0.6) is 0 Å². The van der Waals surface area contributed by atoms with Crippen LogP contribution in [0.3, 0.4) is 0 Å². The summed E-state index contributed by atoms with van der Waals surface area (Å²) >= 11 is 0. The smallest absolute Gasteiger partial charge is 0.269 e. The monoisotopic (exact) mass is 313 g/mol. The number of halogens is 1. The highest BCUT2D eigenvalue weighted by molar-refractivity contribution is 5.95. The average molecular weight is 314 g/mol.